The third kappa shape index (κ3) is 3.20. The number of carbonyl (C=O) groups excluding carboxylic acids is 2. The van der Waals surface area contributed by atoms with E-state index >= 15 is 0 Å². The molecule has 0 aliphatic carbocycles. The molecule has 0 atom stereocenters. The van der Waals surface area contributed by atoms with E-state index in [1.165, 1.54) is 6.07 Å². The minimum atomic E-state index is -0.631. The number of carbonyl (C=O) groups is 2. The summed E-state index contributed by atoms with van der Waals surface area (Å²) in [5, 5.41) is 3.11. The van der Waals surface area contributed by atoms with Gasteiger partial charge < -0.3 is 11.1 Å². The predicted molar refractivity (Wildman–Crippen MR) is 67.3 cm³/mol. The van der Waals surface area contributed by atoms with Gasteiger partial charge in [0.05, 0.1) is 11.1 Å². The molecule has 92 valence electrons. The molecule has 0 saturated carbocycles. The third-order valence-corrected chi connectivity index (χ3v) is 2.43. The van der Waals surface area contributed by atoms with Crippen LogP contribution in [-0.2, 0) is 0 Å². The molecule has 17 heavy (non-hydrogen) atoms. The van der Waals surface area contributed by atoms with Gasteiger partial charge in [-0.3, -0.25) is 9.59 Å². The Balaban J connectivity index is 3.30. The van der Waals surface area contributed by atoms with Gasteiger partial charge in [0.25, 0.3) is 5.91 Å². The summed E-state index contributed by atoms with van der Waals surface area (Å²) in [7, 11) is 0. The van der Waals surface area contributed by atoms with Crippen molar-refractivity contribution in [2.24, 2.45) is 5.73 Å². The fourth-order valence-electron chi connectivity index (χ4n) is 1.59. The Morgan fingerprint density at radius 2 is 1.94 bits per heavy atom. The highest BCUT2D eigenvalue weighted by atomic mass is 35.5. The topological polar surface area (TPSA) is 72.2 Å². The van der Waals surface area contributed by atoms with Crippen LogP contribution in [0.1, 0.15) is 40.1 Å². The minimum Gasteiger partial charge on any atom is -0.366 e. The number of halogens is 1. The Kier molecular flexibility index (Phi) is 4.12. The van der Waals surface area contributed by atoms with Crippen LogP contribution in [0.2, 0.25) is 5.02 Å². The lowest BCUT2D eigenvalue weighted by Crippen LogP contribution is -2.32. The second-order valence-electron chi connectivity index (χ2n) is 4.14. The smallest absolute Gasteiger partial charge is 0.252 e. The molecular weight excluding hydrogens is 240 g/mol. The van der Waals surface area contributed by atoms with Crippen molar-refractivity contribution in [1.82, 2.24) is 5.32 Å². The molecule has 1 aromatic rings. The minimum absolute atomic E-state index is 0.0254. The zero-order chi connectivity index (χ0) is 13.2. The van der Waals surface area contributed by atoms with Crippen molar-refractivity contribution in [2.75, 3.05) is 0 Å². The maximum Gasteiger partial charge on any atom is 0.252 e. The van der Waals surface area contributed by atoms with Crippen molar-refractivity contribution in [2.45, 2.75) is 26.8 Å². The number of hydrogen-bond donors (Lipinski definition) is 2. The summed E-state index contributed by atoms with van der Waals surface area (Å²) in [6.45, 7) is 5.36. The maximum absolute atomic E-state index is 11.9. The van der Waals surface area contributed by atoms with Gasteiger partial charge in [-0.15, -0.1) is 0 Å². The van der Waals surface area contributed by atoms with E-state index < -0.39 is 5.91 Å². The van der Waals surface area contributed by atoms with Crippen molar-refractivity contribution in [3.63, 3.8) is 0 Å². The molecule has 0 heterocycles. The van der Waals surface area contributed by atoms with Gasteiger partial charge >= 0.3 is 0 Å². The van der Waals surface area contributed by atoms with Crippen LogP contribution in [0, 0.1) is 6.92 Å². The number of amides is 2. The molecule has 0 bridgehead atoms. The fraction of sp³-hybridized carbons (Fsp3) is 0.333. The second kappa shape index (κ2) is 5.19. The average Bonchev–Trinajstić information content (AvgIpc) is 2.14. The molecule has 0 aliphatic rings. The number of benzene rings is 1. The highest BCUT2D eigenvalue weighted by molar-refractivity contribution is 6.31. The first-order valence-corrected chi connectivity index (χ1v) is 5.61. The molecule has 1 aromatic carbocycles. The van der Waals surface area contributed by atoms with E-state index in [0.717, 1.165) is 0 Å². The number of primary amides is 1. The normalized spacial score (nSPS) is 10.4. The van der Waals surface area contributed by atoms with Gasteiger partial charge in [0.1, 0.15) is 0 Å². The molecule has 0 fully saturated rings. The van der Waals surface area contributed by atoms with Crippen LogP contribution in [0.5, 0.6) is 0 Å². The molecule has 5 heteroatoms. The van der Waals surface area contributed by atoms with Gasteiger partial charge in [0, 0.05) is 11.1 Å². The summed E-state index contributed by atoms with van der Waals surface area (Å²) in [4.78, 5) is 23.3. The Morgan fingerprint density at radius 1 is 1.35 bits per heavy atom. The molecular formula is C12H15ClN2O2. The van der Waals surface area contributed by atoms with E-state index in [0.29, 0.717) is 10.6 Å². The number of aryl methyl sites for hydroxylation is 1. The van der Waals surface area contributed by atoms with Gasteiger partial charge in [-0.25, -0.2) is 0 Å². The monoisotopic (exact) mass is 254 g/mol. The van der Waals surface area contributed by atoms with Gasteiger partial charge in [-0.1, -0.05) is 11.6 Å². The van der Waals surface area contributed by atoms with Crippen LogP contribution < -0.4 is 11.1 Å². The standard InChI is InChI=1S/C12H15ClN2O2/c1-6(2)15-12(17)9-5-8(13)4-7(3)10(9)11(14)16/h4-6H,1-3H3,(H2,14,16)(H,15,17). The molecule has 4 nitrogen and oxygen atoms in total. The molecule has 0 aromatic heterocycles. The number of nitrogens with two attached hydrogens (primary N) is 1. The fourth-order valence-corrected chi connectivity index (χ4v) is 1.86. The highest BCUT2D eigenvalue weighted by Gasteiger charge is 2.18. The van der Waals surface area contributed by atoms with Crippen LogP contribution in [0.4, 0.5) is 0 Å². The predicted octanol–water partition coefficient (Wildman–Crippen LogP) is 1.89. The van der Waals surface area contributed by atoms with Crippen molar-refractivity contribution < 1.29 is 9.59 Å². The quantitative estimate of drug-likeness (QED) is 0.865. The molecule has 0 radical (unpaired) electrons. The van der Waals surface area contributed by atoms with Crippen molar-refractivity contribution in [3.8, 4) is 0 Å². The van der Waals surface area contributed by atoms with E-state index in [9.17, 15) is 9.59 Å². The molecule has 0 unspecified atom stereocenters. The van der Waals surface area contributed by atoms with Crippen LogP contribution in [0.15, 0.2) is 12.1 Å². The summed E-state index contributed by atoms with van der Waals surface area (Å²) in [5.74, 6) is -0.979. The summed E-state index contributed by atoms with van der Waals surface area (Å²) in [5.41, 5.74) is 6.30. The third-order valence-electron chi connectivity index (χ3n) is 2.21. The zero-order valence-electron chi connectivity index (χ0n) is 10.0. The van der Waals surface area contributed by atoms with Crippen LogP contribution in [0.25, 0.3) is 0 Å². The van der Waals surface area contributed by atoms with Crippen molar-refractivity contribution >= 4 is 23.4 Å². The first-order valence-electron chi connectivity index (χ1n) is 5.23. The Hall–Kier alpha value is -1.55. The molecule has 2 amide bonds. The van der Waals surface area contributed by atoms with Gasteiger partial charge in [0.15, 0.2) is 0 Å². The summed E-state index contributed by atoms with van der Waals surface area (Å²) < 4.78 is 0. The van der Waals surface area contributed by atoms with Crippen LogP contribution >= 0.6 is 11.6 Å². The van der Waals surface area contributed by atoms with Crippen LogP contribution in [-0.4, -0.2) is 17.9 Å². The van der Waals surface area contributed by atoms with Gasteiger partial charge in [-0.05, 0) is 38.5 Å². The van der Waals surface area contributed by atoms with Crippen molar-refractivity contribution in [1.29, 1.82) is 0 Å². The maximum atomic E-state index is 11.9. The van der Waals surface area contributed by atoms with Crippen molar-refractivity contribution in [3.05, 3.63) is 33.8 Å². The molecule has 0 aliphatic heterocycles. The summed E-state index contributed by atoms with van der Waals surface area (Å²) >= 11 is 5.88. The molecule has 0 saturated heterocycles. The molecule has 1 rings (SSSR count). The highest BCUT2D eigenvalue weighted by Crippen LogP contribution is 2.20. The largest absolute Gasteiger partial charge is 0.366 e. The Labute approximate surface area is 105 Å². The first-order chi connectivity index (χ1) is 7.82. The lowest BCUT2D eigenvalue weighted by Gasteiger charge is -2.13. The number of rotatable bonds is 3. The Bertz CT molecular complexity index is 470. The van der Waals surface area contributed by atoms with E-state index in [4.69, 9.17) is 17.3 Å². The van der Waals surface area contributed by atoms with E-state index in [1.807, 2.05) is 13.8 Å². The van der Waals surface area contributed by atoms with E-state index in [-0.39, 0.29) is 23.1 Å². The first kappa shape index (κ1) is 13.5. The average molecular weight is 255 g/mol. The van der Waals surface area contributed by atoms with Crippen LogP contribution in [0.3, 0.4) is 0 Å². The second-order valence-corrected chi connectivity index (χ2v) is 4.57. The summed E-state index contributed by atoms with van der Waals surface area (Å²) in [6.07, 6.45) is 0. The van der Waals surface area contributed by atoms with E-state index in [2.05, 4.69) is 5.32 Å². The Morgan fingerprint density at radius 3 is 2.41 bits per heavy atom. The number of nitrogens with one attached hydrogen (secondary N) is 1. The number of hydrogen-bond acceptors (Lipinski definition) is 2. The summed E-state index contributed by atoms with van der Waals surface area (Å²) in [6, 6.07) is 3.03. The van der Waals surface area contributed by atoms with Gasteiger partial charge in [0.2, 0.25) is 5.91 Å². The molecule has 0 spiro atoms. The zero-order valence-corrected chi connectivity index (χ0v) is 10.8. The van der Waals surface area contributed by atoms with Gasteiger partial charge in [-0.2, -0.15) is 0 Å². The van der Waals surface area contributed by atoms with E-state index in [1.54, 1.807) is 13.0 Å². The SMILES string of the molecule is Cc1cc(Cl)cc(C(=O)NC(C)C)c1C(N)=O. The lowest BCUT2D eigenvalue weighted by molar-refractivity contribution is 0.0927. The lowest BCUT2D eigenvalue weighted by atomic mass is 10.0. The molecule has 3 N–H and O–H groups in total.